The summed E-state index contributed by atoms with van der Waals surface area (Å²) < 4.78 is 5.90. The lowest BCUT2D eigenvalue weighted by Gasteiger charge is -2.58. The van der Waals surface area contributed by atoms with Crippen molar-refractivity contribution in [1.29, 1.82) is 0 Å². The Labute approximate surface area is 178 Å². The molecule has 0 aromatic rings. The minimum absolute atomic E-state index is 0.0950. The highest BCUT2D eigenvalue weighted by atomic mass is 16.6. The summed E-state index contributed by atoms with van der Waals surface area (Å²) in [5.41, 5.74) is 0.198. The summed E-state index contributed by atoms with van der Waals surface area (Å²) in [6.45, 7) is 4.53. The number of esters is 1. The maximum Gasteiger partial charge on any atom is 0.307 e. The fourth-order valence-electron chi connectivity index (χ4n) is 7.45. The number of ether oxygens (including phenoxy) is 1. The van der Waals surface area contributed by atoms with Crippen molar-refractivity contribution in [2.24, 2.45) is 28.6 Å². The summed E-state index contributed by atoms with van der Waals surface area (Å²) in [6.07, 6.45) is 14.6. The Bertz CT molecular complexity index is 850. The van der Waals surface area contributed by atoms with E-state index in [4.69, 9.17) is 16.3 Å². The first-order chi connectivity index (χ1) is 14.1. The molecule has 1 N–H and O–H groups in total. The predicted molar refractivity (Wildman–Crippen MR) is 111 cm³/mol. The molecule has 0 amide bonds. The second-order valence-electron chi connectivity index (χ2n) is 10.3. The van der Waals surface area contributed by atoms with E-state index in [-0.39, 0.29) is 29.5 Å². The Balaban J connectivity index is 1.58. The van der Waals surface area contributed by atoms with Gasteiger partial charge < -0.3 is 9.84 Å². The van der Waals surface area contributed by atoms with Crippen LogP contribution >= 0.6 is 0 Å². The van der Waals surface area contributed by atoms with Gasteiger partial charge in [0, 0.05) is 11.8 Å². The van der Waals surface area contributed by atoms with Crippen LogP contribution in [0, 0.1) is 40.9 Å². The third-order valence-electron chi connectivity index (χ3n) is 9.15. The van der Waals surface area contributed by atoms with Gasteiger partial charge in [0.25, 0.3) is 0 Å². The molecule has 0 radical (unpaired) electrons. The van der Waals surface area contributed by atoms with Crippen molar-refractivity contribution >= 4 is 17.7 Å². The SMILES string of the molecule is C#C[C@@]1(OC(=O)CCC(=O)O)CC[C@H]2[C@@H]3CCC4=CC(=O)CC[C@]4(C)[C@H]3CC[C@@]21C. The van der Waals surface area contributed by atoms with Crippen LogP contribution in [-0.2, 0) is 19.1 Å². The quantitative estimate of drug-likeness (QED) is 0.550. The monoisotopic (exact) mass is 412 g/mol. The van der Waals surface area contributed by atoms with Gasteiger partial charge in [-0.3, -0.25) is 14.4 Å². The topological polar surface area (TPSA) is 80.7 Å². The van der Waals surface area contributed by atoms with Gasteiger partial charge in [0.05, 0.1) is 12.8 Å². The van der Waals surface area contributed by atoms with E-state index < -0.39 is 17.5 Å². The number of carboxylic acid groups (broad SMARTS) is 1. The highest BCUT2D eigenvalue weighted by Crippen LogP contribution is 2.68. The first kappa shape index (κ1) is 21.2. The fourth-order valence-corrected chi connectivity index (χ4v) is 7.45. The zero-order valence-corrected chi connectivity index (χ0v) is 18.0. The third kappa shape index (κ3) is 3.02. The lowest BCUT2D eigenvalue weighted by molar-refractivity contribution is -0.172. The van der Waals surface area contributed by atoms with Gasteiger partial charge in [0.2, 0.25) is 0 Å². The molecule has 0 aromatic heterocycles. The number of hydrogen-bond acceptors (Lipinski definition) is 4. The Hall–Kier alpha value is -2.09. The number of fused-ring (bicyclic) bond motifs is 5. The van der Waals surface area contributed by atoms with Gasteiger partial charge in [-0.25, -0.2) is 0 Å². The van der Waals surface area contributed by atoms with Gasteiger partial charge in [-0.2, -0.15) is 0 Å². The molecular weight excluding hydrogens is 380 g/mol. The molecule has 6 atom stereocenters. The number of terminal acetylenes is 1. The highest BCUT2D eigenvalue weighted by Gasteiger charge is 2.65. The van der Waals surface area contributed by atoms with Crippen LogP contribution in [0.2, 0.25) is 0 Å². The van der Waals surface area contributed by atoms with Crippen molar-refractivity contribution in [1.82, 2.24) is 0 Å². The zero-order chi connectivity index (χ0) is 21.7. The number of hydrogen-bond donors (Lipinski definition) is 1. The van der Waals surface area contributed by atoms with Crippen molar-refractivity contribution in [2.45, 2.75) is 83.7 Å². The highest BCUT2D eigenvalue weighted by molar-refractivity contribution is 5.91. The number of rotatable bonds is 4. The largest absolute Gasteiger partial charge is 0.481 e. The van der Waals surface area contributed by atoms with Crippen molar-refractivity contribution in [3.8, 4) is 12.3 Å². The second kappa shape index (κ2) is 7.25. The molecule has 0 aliphatic heterocycles. The van der Waals surface area contributed by atoms with E-state index in [2.05, 4.69) is 19.8 Å². The van der Waals surface area contributed by atoms with Crippen LogP contribution in [0.4, 0.5) is 0 Å². The maximum atomic E-state index is 12.4. The summed E-state index contributed by atoms with van der Waals surface area (Å²) in [5.74, 6) is 3.05. The van der Waals surface area contributed by atoms with Crippen molar-refractivity contribution < 1.29 is 24.2 Å². The number of carboxylic acids is 1. The number of aliphatic carboxylic acids is 1. The van der Waals surface area contributed by atoms with Gasteiger partial charge in [0.1, 0.15) is 0 Å². The number of carbonyl (C=O) groups excluding carboxylic acids is 2. The lowest BCUT2D eigenvalue weighted by atomic mass is 9.46. The summed E-state index contributed by atoms with van der Waals surface area (Å²) in [4.78, 5) is 35.2. The van der Waals surface area contributed by atoms with E-state index in [9.17, 15) is 14.4 Å². The fraction of sp³-hybridized carbons (Fsp3) is 0.720. The normalized spacial score (nSPS) is 42.2. The van der Waals surface area contributed by atoms with E-state index in [0.717, 1.165) is 38.5 Å². The molecule has 4 aliphatic carbocycles. The number of allylic oxidation sites excluding steroid dienone is 1. The van der Waals surface area contributed by atoms with Crippen LogP contribution < -0.4 is 0 Å². The Morgan fingerprint density at radius 1 is 1.13 bits per heavy atom. The molecule has 0 bridgehead atoms. The van der Waals surface area contributed by atoms with Gasteiger partial charge in [0.15, 0.2) is 11.4 Å². The molecule has 0 spiro atoms. The first-order valence-corrected chi connectivity index (χ1v) is 11.3. The number of carbonyl (C=O) groups is 3. The van der Waals surface area contributed by atoms with Gasteiger partial charge in [-0.05, 0) is 74.2 Å². The van der Waals surface area contributed by atoms with Crippen molar-refractivity contribution in [3.63, 3.8) is 0 Å². The molecule has 3 saturated carbocycles. The summed E-state index contributed by atoms with van der Waals surface area (Å²) in [7, 11) is 0. The Kier molecular flexibility index (Phi) is 5.11. The Morgan fingerprint density at radius 3 is 2.57 bits per heavy atom. The van der Waals surface area contributed by atoms with E-state index in [1.54, 1.807) is 0 Å². The Morgan fingerprint density at radius 2 is 1.87 bits per heavy atom. The molecule has 5 nitrogen and oxygen atoms in total. The minimum atomic E-state index is -1.01. The molecule has 30 heavy (non-hydrogen) atoms. The van der Waals surface area contributed by atoms with E-state index in [1.807, 2.05) is 6.08 Å². The average Bonchev–Trinajstić information content (AvgIpc) is 2.99. The van der Waals surface area contributed by atoms with Crippen LogP contribution in [0.5, 0.6) is 0 Å². The molecule has 5 heteroatoms. The van der Waals surface area contributed by atoms with Crippen LogP contribution in [0.1, 0.15) is 78.1 Å². The van der Waals surface area contributed by atoms with Crippen LogP contribution in [0.25, 0.3) is 0 Å². The molecule has 0 saturated heterocycles. The lowest BCUT2D eigenvalue weighted by Crippen LogP contribution is -2.55. The van der Waals surface area contributed by atoms with Crippen LogP contribution in [-0.4, -0.2) is 28.4 Å². The van der Waals surface area contributed by atoms with Crippen molar-refractivity contribution in [3.05, 3.63) is 11.6 Å². The average molecular weight is 413 g/mol. The zero-order valence-electron chi connectivity index (χ0n) is 18.0. The minimum Gasteiger partial charge on any atom is -0.481 e. The van der Waals surface area contributed by atoms with Gasteiger partial charge in [-0.1, -0.05) is 25.3 Å². The van der Waals surface area contributed by atoms with Gasteiger partial charge >= 0.3 is 11.9 Å². The van der Waals surface area contributed by atoms with Crippen LogP contribution in [0.15, 0.2) is 11.6 Å². The molecule has 0 heterocycles. The van der Waals surface area contributed by atoms with E-state index in [0.29, 0.717) is 30.6 Å². The smallest absolute Gasteiger partial charge is 0.307 e. The summed E-state index contributed by atoms with van der Waals surface area (Å²) >= 11 is 0. The molecule has 4 aliphatic rings. The first-order valence-electron chi connectivity index (χ1n) is 11.3. The van der Waals surface area contributed by atoms with E-state index >= 15 is 0 Å². The molecule has 0 unspecified atom stereocenters. The number of ketones is 1. The molecule has 0 aromatic carbocycles. The second-order valence-corrected chi connectivity index (χ2v) is 10.3. The standard InChI is InChI=1S/C25H32O5/c1-4-25(30-22(29)8-7-21(27)28)14-11-20-18-6-5-16-15-17(26)9-12-23(16,2)19(18)10-13-24(20,25)3/h1,15,18-20H,5-14H2,2-3H3,(H,27,28)/t18-,19+,20+,23+,24+,25-/m1/s1. The third-order valence-corrected chi connectivity index (χ3v) is 9.15. The van der Waals surface area contributed by atoms with Crippen LogP contribution in [0.3, 0.4) is 0 Å². The van der Waals surface area contributed by atoms with Crippen molar-refractivity contribution in [2.75, 3.05) is 0 Å². The molecule has 3 fully saturated rings. The maximum absolute atomic E-state index is 12.4. The molecule has 4 rings (SSSR count). The summed E-state index contributed by atoms with van der Waals surface area (Å²) in [6, 6.07) is 0. The summed E-state index contributed by atoms with van der Waals surface area (Å²) in [5, 5.41) is 8.87. The predicted octanol–water partition coefficient (Wildman–Crippen LogP) is 4.30. The van der Waals surface area contributed by atoms with E-state index in [1.165, 1.54) is 5.57 Å². The van der Waals surface area contributed by atoms with Gasteiger partial charge in [-0.15, -0.1) is 6.42 Å². The molecular formula is C25H32O5. The molecule has 162 valence electrons.